The highest BCUT2D eigenvalue weighted by Gasteiger charge is 2.11. The third-order valence-electron chi connectivity index (χ3n) is 2.98. The number of halogens is 1. The van der Waals surface area contributed by atoms with Crippen LogP contribution in [0.1, 0.15) is 0 Å². The maximum atomic E-state index is 6.15. The number of nitrogens with zero attached hydrogens (tertiary/aromatic N) is 2. The standard InChI is InChI=1S/C14H12ClN3O/c1-19-13-7-6-9(8-10(13)15)18-12-5-3-2-4-11(12)17-14(18)16/h2-8H,1H3,(H2,16,17). The number of fused-ring (bicyclic) bond motifs is 1. The van der Waals surface area contributed by atoms with E-state index in [0.717, 1.165) is 16.7 Å². The van der Waals surface area contributed by atoms with Crippen LogP contribution in [0.15, 0.2) is 42.5 Å². The summed E-state index contributed by atoms with van der Waals surface area (Å²) in [5, 5.41) is 0.539. The van der Waals surface area contributed by atoms with Gasteiger partial charge in [0.25, 0.3) is 0 Å². The van der Waals surface area contributed by atoms with Gasteiger partial charge in [0, 0.05) is 0 Å². The topological polar surface area (TPSA) is 53.1 Å². The number of hydrogen-bond donors (Lipinski definition) is 1. The minimum Gasteiger partial charge on any atom is -0.495 e. The molecule has 1 aromatic heterocycles. The molecule has 2 aromatic carbocycles. The van der Waals surface area contributed by atoms with Crippen LogP contribution >= 0.6 is 11.6 Å². The molecule has 0 aliphatic heterocycles. The first kappa shape index (κ1) is 11.9. The monoisotopic (exact) mass is 273 g/mol. The van der Waals surface area contributed by atoms with Crippen molar-refractivity contribution >= 4 is 28.6 Å². The second-order valence-corrected chi connectivity index (χ2v) is 4.52. The van der Waals surface area contributed by atoms with Gasteiger partial charge in [-0.3, -0.25) is 4.57 Å². The van der Waals surface area contributed by atoms with E-state index in [0.29, 0.717) is 16.7 Å². The van der Waals surface area contributed by atoms with Crippen molar-refractivity contribution in [3.8, 4) is 11.4 Å². The Labute approximate surface area is 115 Å². The van der Waals surface area contributed by atoms with Crippen LogP contribution in [0.2, 0.25) is 5.02 Å². The van der Waals surface area contributed by atoms with E-state index in [1.807, 2.05) is 47.0 Å². The molecule has 4 nitrogen and oxygen atoms in total. The molecule has 0 saturated carbocycles. The maximum Gasteiger partial charge on any atom is 0.205 e. The van der Waals surface area contributed by atoms with Crippen molar-refractivity contribution < 1.29 is 4.74 Å². The van der Waals surface area contributed by atoms with Gasteiger partial charge in [0.1, 0.15) is 5.75 Å². The zero-order valence-electron chi connectivity index (χ0n) is 10.3. The number of aromatic nitrogens is 2. The molecule has 0 bridgehead atoms. The van der Waals surface area contributed by atoms with E-state index in [2.05, 4.69) is 4.98 Å². The van der Waals surface area contributed by atoms with Crippen LogP contribution in [-0.4, -0.2) is 16.7 Å². The summed E-state index contributed by atoms with van der Waals surface area (Å²) in [5.74, 6) is 1.07. The molecule has 96 valence electrons. The Kier molecular flexibility index (Phi) is 2.80. The summed E-state index contributed by atoms with van der Waals surface area (Å²) >= 11 is 6.15. The summed E-state index contributed by atoms with van der Waals surface area (Å²) in [7, 11) is 1.59. The SMILES string of the molecule is COc1ccc(-n2c(N)nc3ccccc32)cc1Cl. The summed E-state index contributed by atoms with van der Waals surface area (Å²) in [4.78, 5) is 4.33. The average Bonchev–Trinajstić information content (AvgIpc) is 2.74. The molecule has 3 aromatic rings. The fraction of sp³-hybridized carbons (Fsp3) is 0.0714. The average molecular weight is 274 g/mol. The molecule has 0 fully saturated rings. The number of nitrogens with two attached hydrogens (primary N) is 1. The van der Waals surface area contributed by atoms with Crippen molar-refractivity contribution in [2.45, 2.75) is 0 Å². The highest BCUT2D eigenvalue weighted by atomic mass is 35.5. The quantitative estimate of drug-likeness (QED) is 0.780. The van der Waals surface area contributed by atoms with Gasteiger partial charge in [0.05, 0.1) is 28.9 Å². The Hall–Kier alpha value is -2.20. The number of imidazole rings is 1. The van der Waals surface area contributed by atoms with Crippen LogP contribution < -0.4 is 10.5 Å². The molecule has 0 unspecified atom stereocenters. The second kappa shape index (κ2) is 4.48. The molecule has 0 spiro atoms. The molecule has 0 atom stereocenters. The number of para-hydroxylation sites is 2. The van der Waals surface area contributed by atoms with Gasteiger partial charge in [-0.1, -0.05) is 23.7 Å². The summed E-state index contributed by atoms with van der Waals surface area (Å²) in [6.45, 7) is 0. The van der Waals surface area contributed by atoms with Crippen molar-refractivity contribution in [1.82, 2.24) is 9.55 Å². The predicted octanol–water partition coefficient (Wildman–Crippen LogP) is 3.27. The summed E-state index contributed by atoms with van der Waals surface area (Å²) < 4.78 is 7.01. The number of nitrogen functional groups attached to an aromatic ring is 1. The lowest BCUT2D eigenvalue weighted by atomic mass is 10.2. The zero-order chi connectivity index (χ0) is 13.4. The van der Waals surface area contributed by atoms with E-state index in [1.165, 1.54) is 0 Å². The van der Waals surface area contributed by atoms with Crippen molar-refractivity contribution in [3.63, 3.8) is 0 Å². The number of rotatable bonds is 2. The Morgan fingerprint density at radius 2 is 2.00 bits per heavy atom. The molecule has 5 heteroatoms. The molecule has 1 heterocycles. The number of hydrogen-bond acceptors (Lipinski definition) is 3. The maximum absolute atomic E-state index is 6.15. The molecular formula is C14H12ClN3O. The largest absolute Gasteiger partial charge is 0.495 e. The van der Waals surface area contributed by atoms with Gasteiger partial charge < -0.3 is 10.5 Å². The van der Waals surface area contributed by atoms with Gasteiger partial charge in [-0.2, -0.15) is 0 Å². The molecule has 0 radical (unpaired) electrons. The summed E-state index contributed by atoms with van der Waals surface area (Å²) in [6.07, 6.45) is 0. The normalized spacial score (nSPS) is 10.8. The van der Waals surface area contributed by atoms with Crippen LogP contribution in [-0.2, 0) is 0 Å². The Morgan fingerprint density at radius 1 is 1.21 bits per heavy atom. The summed E-state index contributed by atoms with van der Waals surface area (Å²) in [5.41, 5.74) is 8.64. The first-order valence-corrected chi connectivity index (χ1v) is 6.15. The van der Waals surface area contributed by atoms with E-state index in [1.54, 1.807) is 7.11 Å². The van der Waals surface area contributed by atoms with Crippen LogP contribution in [0.25, 0.3) is 16.7 Å². The predicted molar refractivity (Wildman–Crippen MR) is 77.0 cm³/mol. The van der Waals surface area contributed by atoms with Crippen LogP contribution in [0.4, 0.5) is 5.95 Å². The lowest BCUT2D eigenvalue weighted by Gasteiger charge is -2.09. The minimum atomic E-state index is 0.433. The Bertz CT molecular complexity index is 752. The van der Waals surface area contributed by atoms with E-state index >= 15 is 0 Å². The first-order valence-electron chi connectivity index (χ1n) is 5.77. The lowest BCUT2D eigenvalue weighted by molar-refractivity contribution is 0.415. The third-order valence-corrected chi connectivity index (χ3v) is 3.28. The first-order chi connectivity index (χ1) is 9.20. The van der Waals surface area contributed by atoms with E-state index in [4.69, 9.17) is 22.1 Å². The molecule has 19 heavy (non-hydrogen) atoms. The number of anilines is 1. The molecule has 0 saturated heterocycles. The molecule has 0 aliphatic carbocycles. The fourth-order valence-electron chi connectivity index (χ4n) is 2.11. The Balaban J connectivity index is 2.24. The molecule has 0 amide bonds. The van der Waals surface area contributed by atoms with Crippen molar-refractivity contribution in [2.24, 2.45) is 0 Å². The smallest absolute Gasteiger partial charge is 0.205 e. The third kappa shape index (κ3) is 1.90. The lowest BCUT2D eigenvalue weighted by Crippen LogP contribution is -2.00. The highest BCUT2D eigenvalue weighted by molar-refractivity contribution is 6.32. The fourth-order valence-corrected chi connectivity index (χ4v) is 2.36. The van der Waals surface area contributed by atoms with Crippen LogP contribution in [0.5, 0.6) is 5.75 Å². The second-order valence-electron chi connectivity index (χ2n) is 4.11. The van der Waals surface area contributed by atoms with Gasteiger partial charge in [-0.15, -0.1) is 0 Å². The molecule has 3 rings (SSSR count). The molecule has 0 aliphatic rings. The van der Waals surface area contributed by atoms with E-state index in [9.17, 15) is 0 Å². The number of methoxy groups -OCH3 is 1. The van der Waals surface area contributed by atoms with Gasteiger partial charge in [-0.25, -0.2) is 4.98 Å². The molecule has 2 N–H and O–H groups in total. The van der Waals surface area contributed by atoms with Crippen molar-refractivity contribution in [3.05, 3.63) is 47.5 Å². The van der Waals surface area contributed by atoms with Crippen molar-refractivity contribution in [2.75, 3.05) is 12.8 Å². The van der Waals surface area contributed by atoms with Crippen LogP contribution in [0.3, 0.4) is 0 Å². The van der Waals surface area contributed by atoms with Crippen LogP contribution in [0, 0.1) is 0 Å². The van der Waals surface area contributed by atoms with Gasteiger partial charge in [0.2, 0.25) is 5.95 Å². The number of ether oxygens (including phenoxy) is 1. The summed E-state index contributed by atoms with van der Waals surface area (Å²) in [6, 6.07) is 13.3. The van der Waals surface area contributed by atoms with Gasteiger partial charge >= 0.3 is 0 Å². The number of benzene rings is 2. The van der Waals surface area contributed by atoms with E-state index in [-0.39, 0.29) is 0 Å². The minimum absolute atomic E-state index is 0.433. The zero-order valence-corrected chi connectivity index (χ0v) is 11.1. The van der Waals surface area contributed by atoms with Gasteiger partial charge in [-0.05, 0) is 30.3 Å². The van der Waals surface area contributed by atoms with Crippen molar-refractivity contribution in [1.29, 1.82) is 0 Å². The van der Waals surface area contributed by atoms with Gasteiger partial charge in [0.15, 0.2) is 0 Å². The Morgan fingerprint density at radius 3 is 2.74 bits per heavy atom. The highest BCUT2D eigenvalue weighted by Crippen LogP contribution is 2.29. The van der Waals surface area contributed by atoms with E-state index < -0.39 is 0 Å². The molecular weight excluding hydrogens is 262 g/mol.